The molecule has 104 valence electrons. The van der Waals surface area contributed by atoms with E-state index >= 15 is 0 Å². The van der Waals surface area contributed by atoms with Gasteiger partial charge in [-0.2, -0.15) is 0 Å². The normalized spacial score (nSPS) is 16.6. The maximum Gasteiger partial charge on any atom is 0.381 e. The first kappa shape index (κ1) is 13.5. The number of aromatic nitrogens is 2. The number of rotatable bonds is 3. The van der Waals surface area contributed by atoms with E-state index in [2.05, 4.69) is 9.88 Å². The molecule has 2 heterocycles. The average Bonchev–Trinajstić information content (AvgIpc) is 2.72. The largest absolute Gasteiger partial charge is 0.381 e. The van der Waals surface area contributed by atoms with Gasteiger partial charge in [0.2, 0.25) is 11.7 Å². The zero-order valence-corrected chi connectivity index (χ0v) is 11.1. The molecule has 8 heteroatoms. The van der Waals surface area contributed by atoms with Crippen molar-refractivity contribution < 1.29 is 9.72 Å². The van der Waals surface area contributed by atoms with Gasteiger partial charge in [-0.05, 0) is 17.0 Å². The van der Waals surface area contributed by atoms with E-state index in [9.17, 15) is 14.9 Å². The molecule has 0 radical (unpaired) electrons. The Morgan fingerprint density at radius 2 is 2.05 bits per heavy atom. The van der Waals surface area contributed by atoms with Crippen molar-refractivity contribution in [3.8, 4) is 0 Å². The quantitative estimate of drug-likeness (QED) is 0.563. The minimum absolute atomic E-state index is 0.0245. The molecule has 1 saturated heterocycles. The molecule has 1 aliphatic heterocycles. The van der Waals surface area contributed by atoms with Gasteiger partial charge < -0.3 is 19.9 Å². The molecule has 1 aromatic rings. The molecule has 2 rings (SSSR count). The summed E-state index contributed by atoms with van der Waals surface area (Å²) in [4.78, 5) is 29.9. The smallest absolute Gasteiger partial charge is 0.358 e. The van der Waals surface area contributed by atoms with Crippen LogP contribution in [0.25, 0.3) is 0 Å². The van der Waals surface area contributed by atoms with Gasteiger partial charge in [-0.1, -0.05) is 0 Å². The van der Waals surface area contributed by atoms with Crippen LogP contribution in [0.3, 0.4) is 0 Å². The number of carbonyl (C=O) groups is 1. The number of piperazine rings is 1. The fourth-order valence-corrected chi connectivity index (χ4v) is 2.04. The fraction of sp³-hybridized carbons (Fsp3) is 0.636. The number of hydrogen-bond acceptors (Lipinski definition) is 5. The third kappa shape index (κ3) is 3.08. The van der Waals surface area contributed by atoms with Crippen molar-refractivity contribution in [2.24, 2.45) is 0 Å². The molecule has 0 unspecified atom stereocenters. The molecule has 1 aromatic heterocycles. The molecular weight excluding hydrogens is 250 g/mol. The van der Waals surface area contributed by atoms with Crippen molar-refractivity contribution in [1.29, 1.82) is 0 Å². The lowest BCUT2D eigenvalue weighted by atomic mass is 10.3. The second-order valence-electron chi connectivity index (χ2n) is 4.72. The van der Waals surface area contributed by atoms with Gasteiger partial charge in [0.1, 0.15) is 12.7 Å². The number of nitro groups is 1. The van der Waals surface area contributed by atoms with Crippen molar-refractivity contribution in [3.05, 3.63) is 22.1 Å². The average molecular weight is 267 g/mol. The van der Waals surface area contributed by atoms with E-state index in [0.29, 0.717) is 18.9 Å². The molecule has 8 nitrogen and oxygen atoms in total. The number of nitrogens with zero attached hydrogens (tertiary/aromatic N) is 5. The maximum absolute atomic E-state index is 12.1. The first-order chi connectivity index (χ1) is 8.97. The molecule has 1 fully saturated rings. The van der Waals surface area contributed by atoms with Gasteiger partial charge in [-0.15, -0.1) is 0 Å². The van der Waals surface area contributed by atoms with Crippen LogP contribution in [0.2, 0.25) is 0 Å². The fourth-order valence-electron chi connectivity index (χ4n) is 2.04. The highest BCUT2D eigenvalue weighted by Gasteiger charge is 2.22. The number of likely N-dealkylation sites (N-methyl/N-ethyl adjacent to an activating group) is 1. The first-order valence-corrected chi connectivity index (χ1v) is 6.12. The standard InChI is InChI=1S/C11H17N5O3/c1-9-12-10(16(18)19)7-15(9)8-11(17)14-5-3-13(2)4-6-14/h7H,3-6,8H2,1-2H3. The van der Waals surface area contributed by atoms with Gasteiger partial charge in [0.05, 0.1) is 0 Å². The molecule has 1 amide bonds. The van der Waals surface area contributed by atoms with Gasteiger partial charge in [0.15, 0.2) is 0 Å². The highest BCUT2D eigenvalue weighted by Crippen LogP contribution is 2.11. The second kappa shape index (κ2) is 5.35. The summed E-state index contributed by atoms with van der Waals surface area (Å²) in [7, 11) is 2.02. The van der Waals surface area contributed by atoms with Crippen molar-refractivity contribution in [3.63, 3.8) is 0 Å². The summed E-state index contributed by atoms with van der Waals surface area (Å²) in [5.74, 6) is 0.237. The van der Waals surface area contributed by atoms with E-state index in [4.69, 9.17) is 0 Å². The lowest BCUT2D eigenvalue weighted by molar-refractivity contribution is -0.389. The summed E-state index contributed by atoms with van der Waals surface area (Å²) in [5.41, 5.74) is 0. The van der Waals surface area contributed by atoms with Crippen LogP contribution in [0.15, 0.2) is 6.20 Å². The zero-order chi connectivity index (χ0) is 14.0. The van der Waals surface area contributed by atoms with E-state index in [1.807, 2.05) is 7.05 Å². The Balaban J connectivity index is 2.00. The number of amides is 1. The van der Waals surface area contributed by atoms with Crippen molar-refractivity contribution in [2.75, 3.05) is 33.2 Å². The van der Waals surface area contributed by atoms with E-state index in [-0.39, 0.29) is 18.3 Å². The molecule has 1 aliphatic rings. The highest BCUT2D eigenvalue weighted by molar-refractivity contribution is 5.76. The van der Waals surface area contributed by atoms with Gasteiger partial charge in [0.25, 0.3) is 0 Å². The SMILES string of the molecule is Cc1nc([N+](=O)[O-])cn1CC(=O)N1CCN(C)CC1. The Bertz CT molecular complexity index is 491. The van der Waals surface area contributed by atoms with Crippen LogP contribution in [0.1, 0.15) is 5.82 Å². The van der Waals surface area contributed by atoms with Crippen molar-refractivity contribution in [2.45, 2.75) is 13.5 Å². The minimum Gasteiger partial charge on any atom is -0.358 e. The van der Waals surface area contributed by atoms with E-state index in [1.54, 1.807) is 11.8 Å². The van der Waals surface area contributed by atoms with Crippen LogP contribution in [0, 0.1) is 17.0 Å². The molecular formula is C11H17N5O3. The van der Waals surface area contributed by atoms with Gasteiger partial charge >= 0.3 is 5.82 Å². The van der Waals surface area contributed by atoms with Crippen LogP contribution in [-0.2, 0) is 11.3 Å². The third-order valence-corrected chi connectivity index (χ3v) is 3.31. The third-order valence-electron chi connectivity index (χ3n) is 3.31. The molecule has 0 aliphatic carbocycles. The minimum atomic E-state index is -0.552. The monoisotopic (exact) mass is 267 g/mol. The molecule has 0 N–H and O–H groups in total. The van der Waals surface area contributed by atoms with Crippen LogP contribution < -0.4 is 0 Å². The molecule has 0 atom stereocenters. The van der Waals surface area contributed by atoms with E-state index in [0.717, 1.165) is 13.1 Å². The molecule has 0 aromatic carbocycles. The predicted octanol–water partition coefficient (Wildman–Crippen LogP) is -0.126. The van der Waals surface area contributed by atoms with Gasteiger partial charge in [0, 0.05) is 33.1 Å². The Labute approximate surface area is 110 Å². The Morgan fingerprint density at radius 3 is 2.58 bits per heavy atom. The highest BCUT2D eigenvalue weighted by atomic mass is 16.6. The molecule has 0 bridgehead atoms. The number of carbonyl (C=O) groups excluding carboxylic acids is 1. The van der Waals surface area contributed by atoms with Crippen LogP contribution >= 0.6 is 0 Å². The lowest BCUT2D eigenvalue weighted by Gasteiger charge is -2.32. The topological polar surface area (TPSA) is 84.5 Å². The predicted molar refractivity (Wildman–Crippen MR) is 67.7 cm³/mol. The van der Waals surface area contributed by atoms with Gasteiger partial charge in [-0.3, -0.25) is 9.36 Å². The summed E-state index contributed by atoms with van der Waals surface area (Å²) in [6.07, 6.45) is 1.31. The number of hydrogen-bond donors (Lipinski definition) is 0. The summed E-state index contributed by atoms with van der Waals surface area (Å²) >= 11 is 0. The summed E-state index contributed by atoms with van der Waals surface area (Å²) in [6.45, 7) is 4.88. The molecule has 19 heavy (non-hydrogen) atoms. The molecule has 0 spiro atoms. The van der Waals surface area contributed by atoms with Crippen LogP contribution in [0.5, 0.6) is 0 Å². The zero-order valence-electron chi connectivity index (χ0n) is 11.1. The Kier molecular flexibility index (Phi) is 3.79. The second-order valence-corrected chi connectivity index (χ2v) is 4.72. The Hall–Kier alpha value is -1.96. The molecule has 0 saturated carbocycles. The number of aryl methyl sites for hydroxylation is 1. The van der Waals surface area contributed by atoms with E-state index < -0.39 is 4.92 Å². The summed E-state index contributed by atoms with van der Waals surface area (Å²) < 4.78 is 1.53. The first-order valence-electron chi connectivity index (χ1n) is 6.12. The van der Waals surface area contributed by atoms with Crippen LogP contribution in [0.4, 0.5) is 5.82 Å². The maximum atomic E-state index is 12.1. The summed E-state index contributed by atoms with van der Waals surface area (Å²) in [6, 6.07) is 0. The van der Waals surface area contributed by atoms with E-state index in [1.165, 1.54) is 10.8 Å². The van der Waals surface area contributed by atoms with Crippen molar-refractivity contribution in [1.82, 2.24) is 19.4 Å². The number of imidazole rings is 1. The van der Waals surface area contributed by atoms with Crippen LogP contribution in [-0.4, -0.2) is 63.4 Å². The summed E-state index contributed by atoms with van der Waals surface area (Å²) in [5, 5.41) is 10.6. The Morgan fingerprint density at radius 1 is 1.42 bits per heavy atom. The van der Waals surface area contributed by atoms with Crippen molar-refractivity contribution >= 4 is 11.7 Å². The lowest BCUT2D eigenvalue weighted by Crippen LogP contribution is -2.48. The van der Waals surface area contributed by atoms with Gasteiger partial charge in [-0.25, -0.2) is 0 Å².